The molecule has 6 heteroatoms. The molecule has 0 aliphatic rings. The Morgan fingerprint density at radius 2 is 2.10 bits per heavy atom. The number of nitrogens with zero attached hydrogens (tertiary/aromatic N) is 2. The lowest BCUT2D eigenvalue weighted by atomic mass is 10.2. The van der Waals surface area contributed by atoms with Crippen LogP contribution in [0.1, 0.15) is 12.5 Å². The molecule has 2 aromatic rings. The molecule has 0 aliphatic carbocycles. The summed E-state index contributed by atoms with van der Waals surface area (Å²) in [6.45, 7) is 1.79. The zero-order chi connectivity index (χ0) is 15.2. The van der Waals surface area contributed by atoms with Crippen LogP contribution < -0.4 is 5.32 Å². The average molecular weight is 318 g/mol. The molecule has 1 heterocycles. The summed E-state index contributed by atoms with van der Waals surface area (Å²) >= 11 is 7.32. The molecule has 1 aromatic heterocycles. The molecule has 1 unspecified atom stereocenters. The molecule has 0 aliphatic heterocycles. The number of carbonyl (C=O) groups is 1. The maximum absolute atomic E-state index is 12.1. The Kier molecular flexibility index (Phi) is 5.20. The number of amides is 1. The number of pyridine rings is 1. The number of hydrogen-bond donors (Lipinski definition) is 1. The number of thioether (sulfide) groups is 1. The molecule has 0 saturated carbocycles. The van der Waals surface area contributed by atoms with E-state index in [1.165, 1.54) is 11.8 Å². The van der Waals surface area contributed by atoms with Crippen molar-refractivity contribution in [1.29, 1.82) is 5.26 Å². The van der Waals surface area contributed by atoms with Crippen molar-refractivity contribution in [2.24, 2.45) is 0 Å². The predicted octanol–water partition coefficient (Wildman–Crippen LogP) is 3.73. The number of rotatable bonds is 4. The van der Waals surface area contributed by atoms with Crippen molar-refractivity contribution in [1.82, 2.24) is 4.98 Å². The van der Waals surface area contributed by atoms with Gasteiger partial charge in [-0.25, -0.2) is 4.98 Å². The van der Waals surface area contributed by atoms with Crippen LogP contribution in [0.25, 0.3) is 0 Å². The molecule has 4 nitrogen and oxygen atoms in total. The van der Waals surface area contributed by atoms with E-state index in [4.69, 9.17) is 16.9 Å². The third-order valence-corrected chi connectivity index (χ3v) is 4.20. The van der Waals surface area contributed by atoms with Gasteiger partial charge in [0.1, 0.15) is 5.03 Å². The Hall–Kier alpha value is -2.03. The lowest BCUT2D eigenvalue weighted by Gasteiger charge is -2.12. The molecule has 0 fully saturated rings. The van der Waals surface area contributed by atoms with Crippen molar-refractivity contribution in [3.63, 3.8) is 0 Å². The Morgan fingerprint density at radius 3 is 2.71 bits per heavy atom. The summed E-state index contributed by atoms with van der Waals surface area (Å²) in [4.78, 5) is 16.3. The first-order chi connectivity index (χ1) is 10.1. The van der Waals surface area contributed by atoms with Gasteiger partial charge < -0.3 is 5.32 Å². The van der Waals surface area contributed by atoms with Crippen molar-refractivity contribution in [2.75, 3.05) is 5.32 Å². The SMILES string of the molecule is CC(Sc1ncccc1Cl)C(=O)Nc1ccc(C#N)cc1. The predicted molar refractivity (Wildman–Crippen MR) is 84.4 cm³/mol. The molecule has 0 spiro atoms. The third kappa shape index (κ3) is 4.22. The lowest BCUT2D eigenvalue weighted by Crippen LogP contribution is -2.22. The topological polar surface area (TPSA) is 65.8 Å². The number of carbonyl (C=O) groups excluding carboxylic acids is 1. The van der Waals surface area contributed by atoms with Crippen LogP contribution in [0.15, 0.2) is 47.6 Å². The van der Waals surface area contributed by atoms with Crippen LogP contribution >= 0.6 is 23.4 Å². The fourth-order valence-electron chi connectivity index (χ4n) is 1.55. The van der Waals surface area contributed by atoms with E-state index in [9.17, 15) is 4.79 Å². The van der Waals surface area contributed by atoms with Gasteiger partial charge in [-0.05, 0) is 43.3 Å². The van der Waals surface area contributed by atoms with Gasteiger partial charge in [-0.1, -0.05) is 23.4 Å². The number of nitriles is 1. The van der Waals surface area contributed by atoms with Crippen LogP contribution in [0.5, 0.6) is 0 Å². The minimum atomic E-state index is -0.340. The zero-order valence-corrected chi connectivity index (χ0v) is 12.8. The molecule has 106 valence electrons. The first kappa shape index (κ1) is 15.4. The zero-order valence-electron chi connectivity index (χ0n) is 11.2. The van der Waals surface area contributed by atoms with E-state index in [2.05, 4.69) is 10.3 Å². The fraction of sp³-hybridized carbons (Fsp3) is 0.133. The summed E-state index contributed by atoms with van der Waals surface area (Å²) in [5.74, 6) is -0.147. The summed E-state index contributed by atoms with van der Waals surface area (Å²) in [5.41, 5.74) is 1.20. The summed E-state index contributed by atoms with van der Waals surface area (Å²) in [6.07, 6.45) is 1.64. The first-order valence-electron chi connectivity index (χ1n) is 6.18. The van der Waals surface area contributed by atoms with E-state index < -0.39 is 0 Å². The highest BCUT2D eigenvalue weighted by molar-refractivity contribution is 8.00. The van der Waals surface area contributed by atoms with Gasteiger partial charge in [0.15, 0.2) is 0 Å². The second kappa shape index (κ2) is 7.11. The van der Waals surface area contributed by atoms with E-state index >= 15 is 0 Å². The summed E-state index contributed by atoms with van der Waals surface area (Å²) < 4.78 is 0. The molecule has 0 bridgehead atoms. The van der Waals surface area contributed by atoms with Gasteiger partial charge in [0.25, 0.3) is 0 Å². The molecule has 2 rings (SSSR count). The summed E-state index contributed by atoms with van der Waals surface area (Å²) in [7, 11) is 0. The minimum Gasteiger partial charge on any atom is -0.325 e. The van der Waals surface area contributed by atoms with Gasteiger partial charge >= 0.3 is 0 Å². The molecule has 0 radical (unpaired) electrons. The van der Waals surface area contributed by atoms with Gasteiger partial charge in [0.05, 0.1) is 21.9 Å². The van der Waals surface area contributed by atoms with Crippen LogP contribution in [0.3, 0.4) is 0 Å². The van der Waals surface area contributed by atoms with E-state index in [1.54, 1.807) is 49.5 Å². The second-order valence-electron chi connectivity index (χ2n) is 4.23. The van der Waals surface area contributed by atoms with Gasteiger partial charge in [-0.15, -0.1) is 0 Å². The Bertz CT molecular complexity index is 682. The normalized spacial score (nSPS) is 11.5. The Labute approximate surface area is 132 Å². The van der Waals surface area contributed by atoms with E-state index in [0.717, 1.165) is 0 Å². The van der Waals surface area contributed by atoms with Crippen LogP contribution in [0.2, 0.25) is 5.02 Å². The maximum atomic E-state index is 12.1. The molecular weight excluding hydrogens is 306 g/mol. The van der Waals surface area contributed by atoms with Crippen molar-refractivity contribution in [3.8, 4) is 6.07 Å². The molecule has 1 atom stereocenters. The molecule has 21 heavy (non-hydrogen) atoms. The molecule has 0 saturated heterocycles. The third-order valence-electron chi connectivity index (χ3n) is 2.66. The summed E-state index contributed by atoms with van der Waals surface area (Å²) in [5, 5.41) is 12.3. The first-order valence-corrected chi connectivity index (χ1v) is 7.44. The van der Waals surface area contributed by atoms with Crippen molar-refractivity contribution < 1.29 is 4.79 Å². The lowest BCUT2D eigenvalue weighted by molar-refractivity contribution is -0.115. The number of aromatic nitrogens is 1. The second-order valence-corrected chi connectivity index (χ2v) is 5.97. The molecule has 1 N–H and O–H groups in total. The average Bonchev–Trinajstić information content (AvgIpc) is 2.50. The number of hydrogen-bond acceptors (Lipinski definition) is 4. The van der Waals surface area contributed by atoms with E-state index in [-0.39, 0.29) is 11.2 Å². The van der Waals surface area contributed by atoms with Crippen molar-refractivity contribution in [3.05, 3.63) is 53.2 Å². The highest BCUT2D eigenvalue weighted by Gasteiger charge is 2.16. The van der Waals surface area contributed by atoms with Crippen molar-refractivity contribution >= 4 is 35.0 Å². The van der Waals surface area contributed by atoms with Crippen LogP contribution in [-0.4, -0.2) is 16.1 Å². The van der Waals surface area contributed by atoms with Gasteiger partial charge in [0.2, 0.25) is 5.91 Å². The molecular formula is C15H12ClN3OS. The molecule has 1 aromatic carbocycles. The van der Waals surface area contributed by atoms with E-state index in [1.807, 2.05) is 6.07 Å². The van der Waals surface area contributed by atoms with Crippen LogP contribution in [-0.2, 0) is 4.79 Å². The van der Waals surface area contributed by atoms with Gasteiger partial charge in [0, 0.05) is 11.9 Å². The number of anilines is 1. The maximum Gasteiger partial charge on any atom is 0.237 e. The van der Waals surface area contributed by atoms with Crippen LogP contribution in [0, 0.1) is 11.3 Å². The summed E-state index contributed by atoms with van der Waals surface area (Å²) in [6, 6.07) is 12.2. The highest BCUT2D eigenvalue weighted by atomic mass is 35.5. The fourth-order valence-corrected chi connectivity index (χ4v) is 2.61. The van der Waals surface area contributed by atoms with E-state index in [0.29, 0.717) is 21.3 Å². The standard InChI is InChI=1S/C15H12ClN3OS/c1-10(21-15-13(16)3-2-8-18-15)14(20)19-12-6-4-11(9-17)5-7-12/h2-8,10H,1H3,(H,19,20). The Balaban J connectivity index is 1.99. The largest absolute Gasteiger partial charge is 0.325 e. The van der Waals surface area contributed by atoms with Crippen molar-refractivity contribution in [2.45, 2.75) is 17.2 Å². The smallest absolute Gasteiger partial charge is 0.237 e. The highest BCUT2D eigenvalue weighted by Crippen LogP contribution is 2.28. The van der Waals surface area contributed by atoms with Gasteiger partial charge in [-0.2, -0.15) is 5.26 Å². The quantitative estimate of drug-likeness (QED) is 0.873. The van der Waals surface area contributed by atoms with Gasteiger partial charge in [-0.3, -0.25) is 4.79 Å². The minimum absolute atomic E-state index is 0.147. The number of benzene rings is 1. The Morgan fingerprint density at radius 1 is 1.38 bits per heavy atom. The number of halogens is 1. The monoisotopic (exact) mass is 317 g/mol. The van der Waals surface area contributed by atoms with Crippen LogP contribution in [0.4, 0.5) is 5.69 Å². The molecule has 1 amide bonds. The number of nitrogens with one attached hydrogen (secondary N) is 1.